The maximum absolute atomic E-state index is 13.0. The molecular formula is C14H9BrFN3O2. The van der Waals surface area contributed by atoms with Crippen LogP contribution in [0.15, 0.2) is 45.7 Å². The molecule has 0 aliphatic carbocycles. The Kier molecular flexibility index (Phi) is 3.34. The summed E-state index contributed by atoms with van der Waals surface area (Å²) in [7, 11) is 0. The zero-order valence-electron chi connectivity index (χ0n) is 10.6. The third kappa shape index (κ3) is 2.73. The summed E-state index contributed by atoms with van der Waals surface area (Å²) >= 11 is 3.18. The van der Waals surface area contributed by atoms with Crippen molar-refractivity contribution in [3.8, 4) is 11.8 Å². The minimum atomic E-state index is -0.398. The lowest BCUT2D eigenvalue weighted by Gasteiger charge is -2.07. The number of aromatic nitrogens is 2. The maximum atomic E-state index is 13.0. The number of rotatable bonds is 2. The van der Waals surface area contributed by atoms with Crippen molar-refractivity contribution < 1.29 is 9.13 Å². The molecule has 0 aliphatic heterocycles. The van der Waals surface area contributed by atoms with E-state index in [9.17, 15) is 9.18 Å². The van der Waals surface area contributed by atoms with Gasteiger partial charge in [-0.05, 0) is 52.3 Å². The lowest BCUT2D eigenvalue weighted by Crippen LogP contribution is -2.09. The van der Waals surface area contributed by atoms with Gasteiger partial charge < -0.3 is 10.5 Å². The molecule has 0 atom stereocenters. The summed E-state index contributed by atoms with van der Waals surface area (Å²) in [4.78, 5) is 18.7. The SMILES string of the molecule is Nc1ccc2nc(Oc3ccc(F)cc3Br)[nH]c(=O)c2c1. The van der Waals surface area contributed by atoms with E-state index in [0.717, 1.165) is 0 Å². The Morgan fingerprint density at radius 1 is 1.24 bits per heavy atom. The Morgan fingerprint density at radius 3 is 2.81 bits per heavy atom. The normalized spacial score (nSPS) is 10.8. The first-order chi connectivity index (χ1) is 10.0. The number of nitrogens with two attached hydrogens (primary N) is 1. The quantitative estimate of drug-likeness (QED) is 0.696. The summed E-state index contributed by atoms with van der Waals surface area (Å²) in [5, 5.41) is 0.375. The minimum Gasteiger partial charge on any atom is -0.424 e. The van der Waals surface area contributed by atoms with Gasteiger partial charge in [-0.15, -0.1) is 0 Å². The van der Waals surface area contributed by atoms with Crippen LogP contribution in [0.1, 0.15) is 0 Å². The molecule has 106 valence electrons. The molecule has 0 bridgehead atoms. The highest BCUT2D eigenvalue weighted by atomic mass is 79.9. The standard InChI is InChI=1S/C14H9BrFN3O2/c15-10-5-7(16)1-4-12(10)21-14-18-11-3-2-8(17)6-9(11)13(20)19-14/h1-6H,17H2,(H,18,19,20). The van der Waals surface area contributed by atoms with Crippen LogP contribution in [-0.2, 0) is 0 Å². The molecule has 0 radical (unpaired) electrons. The van der Waals surface area contributed by atoms with E-state index < -0.39 is 5.82 Å². The summed E-state index contributed by atoms with van der Waals surface area (Å²) in [6.07, 6.45) is 0. The van der Waals surface area contributed by atoms with E-state index in [1.54, 1.807) is 18.2 Å². The van der Waals surface area contributed by atoms with Crippen molar-refractivity contribution in [2.45, 2.75) is 0 Å². The molecule has 2 aromatic carbocycles. The van der Waals surface area contributed by atoms with Crippen molar-refractivity contribution in [1.82, 2.24) is 9.97 Å². The number of aromatic amines is 1. The predicted molar refractivity (Wildman–Crippen MR) is 81.0 cm³/mol. The fourth-order valence-corrected chi connectivity index (χ4v) is 2.28. The molecule has 3 aromatic rings. The van der Waals surface area contributed by atoms with Crippen molar-refractivity contribution in [3.05, 3.63) is 57.0 Å². The third-order valence-corrected chi connectivity index (χ3v) is 3.43. The lowest BCUT2D eigenvalue weighted by atomic mass is 10.2. The van der Waals surface area contributed by atoms with Crippen molar-refractivity contribution in [1.29, 1.82) is 0 Å². The molecule has 0 amide bonds. The van der Waals surface area contributed by atoms with Crippen LogP contribution in [0, 0.1) is 5.82 Å². The second-order valence-electron chi connectivity index (χ2n) is 4.32. The summed E-state index contributed by atoms with van der Waals surface area (Å²) in [6, 6.07) is 8.78. The lowest BCUT2D eigenvalue weighted by molar-refractivity contribution is 0.438. The molecule has 3 N–H and O–H groups in total. The Morgan fingerprint density at radius 2 is 2.05 bits per heavy atom. The fourth-order valence-electron chi connectivity index (χ4n) is 1.85. The smallest absolute Gasteiger partial charge is 0.302 e. The molecular weight excluding hydrogens is 341 g/mol. The summed E-state index contributed by atoms with van der Waals surface area (Å²) in [5.74, 6) is -0.0565. The average Bonchev–Trinajstić information content (AvgIpc) is 2.43. The molecule has 0 spiro atoms. The average molecular weight is 350 g/mol. The number of H-pyrrole nitrogens is 1. The number of anilines is 1. The number of nitrogen functional groups attached to an aromatic ring is 1. The highest BCUT2D eigenvalue weighted by Gasteiger charge is 2.09. The Balaban J connectivity index is 2.05. The number of hydrogen-bond donors (Lipinski definition) is 2. The van der Waals surface area contributed by atoms with E-state index in [1.165, 1.54) is 18.2 Å². The first kappa shape index (κ1) is 13.6. The monoisotopic (exact) mass is 349 g/mol. The van der Waals surface area contributed by atoms with Crippen LogP contribution in [0.4, 0.5) is 10.1 Å². The third-order valence-electron chi connectivity index (χ3n) is 2.81. The molecule has 0 saturated carbocycles. The Bertz CT molecular complexity index is 895. The van der Waals surface area contributed by atoms with Crippen LogP contribution in [0.2, 0.25) is 0 Å². The highest BCUT2D eigenvalue weighted by Crippen LogP contribution is 2.28. The molecule has 7 heteroatoms. The van der Waals surface area contributed by atoms with Crippen LogP contribution in [0.3, 0.4) is 0 Å². The van der Waals surface area contributed by atoms with Gasteiger partial charge >= 0.3 is 6.01 Å². The highest BCUT2D eigenvalue weighted by molar-refractivity contribution is 9.10. The first-order valence-corrected chi connectivity index (χ1v) is 6.75. The van der Waals surface area contributed by atoms with Gasteiger partial charge in [0.2, 0.25) is 0 Å². The van der Waals surface area contributed by atoms with Crippen molar-refractivity contribution in [2.24, 2.45) is 0 Å². The molecule has 0 fully saturated rings. The molecule has 3 rings (SSSR count). The van der Waals surface area contributed by atoms with E-state index in [2.05, 4.69) is 25.9 Å². The van der Waals surface area contributed by atoms with E-state index >= 15 is 0 Å². The molecule has 0 unspecified atom stereocenters. The van der Waals surface area contributed by atoms with Gasteiger partial charge in [-0.25, -0.2) is 4.39 Å². The van der Waals surface area contributed by atoms with Gasteiger partial charge in [-0.2, -0.15) is 4.98 Å². The Hall–Kier alpha value is -2.41. The fraction of sp³-hybridized carbons (Fsp3) is 0. The van der Waals surface area contributed by atoms with Crippen LogP contribution >= 0.6 is 15.9 Å². The topological polar surface area (TPSA) is 81.0 Å². The van der Waals surface area contributed by atoms with Gasteiger partial charge in [-0.1, -0.05) is 0 Å². The molecule has 0 saturated heterocycles. The van der Waals surface area contributed by atoms with Crippen LogP contribution in [0.25, 0.3) is 10.9 Å². The number of hydrogen-bond acceptors (Lipinski definition) is 4. The van der Waals surface area contributed by atoms with Crippen LogP contribution in [0.5, 0.6) is 11.8 Å². The molecule has 1 heterocycles. The van der Waals surface area contributed by atoms with Gasteiger partial charge in [0, 0.05) is 5.69 Å². The first-order valence-electron chi connectivity index (χ1n) is 5.95. The second kappa shape index (κ2) is 5.17. The number of nitrogens with zero attached hydrogens (tertiary/aromatic N) is 1. The van der Waals surface area contributed by atoms with E-state index in [0.29, 0.717) is 26.8 Å². The summed E-state index contributed by atoms with van der Waals surface area (Å²) < 4.78 is 18.9. The number of fused-ring (bicyclic) bond motifs is 1. The predicted octanol–water partition coefficient (Wildman–Crippen LogP) is 3.20. The maximum Gasteiger partial charge on any atom is 0.302 e. The van der Waals surface area contributed by atoms with Gasteiger partial charge in [0.25, 0.3) is 5.56 Å². The number of benzene rings is 2. The number of nitrogens with one attached hydrogen (secondary N) is 1. The van der Waals surface area contributed by atoms with Crippen molar-refractivity contribution in [2.75, 3.05) is 5.73 Å². The van der Waals surface area contributed by atoms with Gasteiger partial charge in [0.15, 0.2) is 0 Å². The molecule has 0 aliphatic rings. The van der Waals surface area contributed by atoms with Gasteiger partial charge in [0.1, 0.15) is 11.6 Å². The number of halogens is 2. The van der Waals surface area contributed by atoms with Crippen molar-refractivity contribution >= 4 is 32.5 Å². The number of ether oxygens (including phenoxy) is 1. The van der Waals surface area contributed by atoms with Crippen molar-refractivity contribution in [3.63, 3.8) is 0 Å². The van der Waals surface area contributed by atoms with Gasteiger partial charge in [-0.3, -0.25) is 9.78 Å². The molecule has 5 nitrogen and oxygen atoms in total. The zero-order valence-corrected chi connectivity index (χ0v) is 12.1. The second-order valence-corrected chi connectivity index (χ2v) is 5.18. The Labute approximate surface area is 126 Å². The van der Waals surface area contributed by atoms with E-state index in [4.69, 9.17) is 10.5 Å². The summed E-state index contributed by atoms with van der Waals surface area (Å²) in [6.45, 7) is 0. The molecule has 21 heavy (non-hydrogen) atoms. The van der Waals surface area contributed by atoms with Crippen LogP contribution in [-0.4, -0.2) is 9.97 Å². The summed E-state index contributed by atoms with van der Waals surface area (Å²) in [5.41, 5.74) is 6.21. The largest absolute Gasteiger partial charge is 0.424 e. The van der Waals surface area contributed by atoms with Gasteiger partial charge in [0.05, 0.1) is 15.4 Å². The molecule has 1 aromatic heterocycles. The van der Waals surface area contributed by atoms with E-state index in [1.807, 2.05) is 0 Å². The van der Waals surface area contributed by atoms with E-state index in [-0.39, 0.29) is 11.6 Å². The van der Waals surface area contributed by atoms with Crippen LogP contribution < -0.4 is 16.0 Å². The zero-order chi connectivity index (χ0) is 15.0. The minimum absolute atomic E-state index is 0.0181.